The van der Waals surface area contributed by atoms with Gasteiger partial charge in [0.2, 0.25) is 0 Å². The fourth-order valence-electron chi connectivity index (χ4n) is 0.999. The minimum absolute atomic E-state index is 0.259. The van der Waals surface area contributed by atoms with Crippen LogP contribution in [0.25, 0.3) is 0 Å². The van der Waals surface area contributed by atoms with E-state index in [1.165, 1.54) is 0 Å². The quantitative estimate of drug-likeness (QED) is 0.685. The average Bonchev–Trinajstić information content (AvgIpc) is 2.69. The minimum Gasteiger partial charge on any atom is -0.489 e. The molecule has 0 spiro atoms. The highest BCUT2D eigenvalue weighted by atomic mass is 16.5. The number of para-hydroxylation sites is 1. The molecule has 0 bridgehead atoms. The van der Waals surface area contributed by atoms with E-state index in [0.29, 0.717) is 0 Å². The number of hydrogen-bond donors (Lipinski definition) is 1. The number of ether oxygens (including phenoxy) is 1. The third kappa shape index (κ3) is 1.52. The summed E-state index contributed by atoms with van der Waals surface area (Å²) in [6.07, 6.45) is 1.26. The van der Waals surface area contributed by atoms with Gasteiger partial charge in [0.1, 0.15) is 11.9 Å². The van der Waals surface area contributed by atoms with E-state index in [1.54, 1.807) is 0 Å². The van der Waals surface area contributed by atoms with E-state index in [9.17, 15) is 0 Å². The van der Waals surface area contributed by atoms with Crippen LogP contribution in [0.2, 0.25) is 0 Å². The van der Waals surface area contributed by atoms with Crippen molar-refractivity contribution in [2.24, 2.45) is 5.73 Å². The number of hydrogen-bond acceptors (Lipinski definition) is 2. The SMILES string of the molecule is N[C@H]1C[C@@H]1Oc1ccccc1. The van der Waals surface area contributed by atoms with Gasteiger partial charge in [0, 0.05) is 12.5 Å². The van der Waals surface area contributed by atoms with Crippen LogP contribution in [0.4, 0.5) is 0 Å². The van der Waals surface area contributed by atoms with Crippen LogP contribution in [-0.2, 0) is 0 Å². The summed E-state index contributed by atoms with van der Waals surface area (Å²) in [5.41, 5.74) is 5.59. The Morgan fingerprint density at radius 2 is 1.91 bits per heavy atom. The maximum absolute atomic E-state index is 5.59. The zero-order valence-corrected chi connectivity index (χ0v) is 6.23. The van der Waals surface area contributed by atoms with Crippen molar-refractivity contribution in [3.8, 4) is 5.75 Å². The second-order valence-electron chi connectivity index (χ2n) is 2.87. The molecule has 1 fully saturated rings. The fraction of sp³-hybridized carbons (Fsp3) is 0.333. The highest BCUT2D eigenvalue weighted by Gasteiger charge is 2.35. The molecule has 2 rings (SSSR count). The lowest BCUT2D eigenvalue weighted by Crippen LogP contribution is -2.10. The first-order chi connectivity index (χ1) is 5.36. The van der Waals surface area contributed by atoms with Gasteiger partial charge in [-0.15, -0.1) is 0 Å². The van der Waals surface area contributed by atoms with Gasteiger partial charge in [-0.05, 0) is 12.1 Å². The summed E-state index contributed by atoms with van der Waals surface area (Å²) in [6.45, 7) is 0. The Labute approximate surface area is 66.0 Å². The monoisotopic (exact) mass is 149 g/mol. The molecule has 0 amide bonds. The maximum Gasteiger partial charge on any atom is 0.119 e. The molecule has 0 radical (unpaired) electrons. The molecule has 1 saturated carbocycles. The molecule has 58 valence electrons. The fourth-order valence-corrected chi connectivity index (χ4v) is 0.999. The number of rotatable bonds is 2. The Kier molecular flexibility index (Phi) is 1.55. The zero-order valence-electron chi connectivity index (χ0n) is 6.23. The second-order valence-corrected chi connectivity index (χ2v) is 2.87. The maximum atomic E-state index is 5.59. The van der Waals surface area contributed by atoms with Crippen LogP contribution >= 0.6 is 0 Å². The molecular weight excluding hydrogens is 138 g/mol. The second kappa shape index (κ2) is 2.55. The van der Waals surface area contributed by atoms with E-state index in [2.05, 4.69) is 0 Å². The van der Waals surface area contributed by atoms with Gasteiger partial charge in [-0.25, -0.2) is 0 Å². The third-order valence-electron chi connectivity index (χ3n) is 1.81. The molecule has 2 atom stereocenters. The van der Waals surface area contributed by atoms with Crippen LogP contribution in [0, 0.1) is 0 Å². The first-order valence-corrected chi connectivity index (χ1v) is 3.83. The van der Waals surface area contributed by atoms with Gasteiger partial charge >= 0.3 is 0 Å². The Bertz CT molecular complexity index is 235. The van der Waals surface area contributed by atoms with Crippen LogP contribution in [0.5, 0.6) is 5.75 Å². The topological polar surface area (TPSA) is 35.2 Å². The summed E-state index contributed by atoms with van der Waals surface area (Å²) >= 11 is 0. The lowest BCUT2D eigenvalue weighted by molar-refractivity contribution is 0.296. The van der Waals surface area contributed by atoms with Gasteiger partial charge in [0.05, 0.1) is 0 Å². The summed E-state index contributed by atoms with van der Waals surface area (Å²) in [7, 11) is 0. The highest BCUT2D eigenvalue weighted by molar-refractivity contribution is 5.22. The standard InChI is InChI=1S/C9H11NO/c10-8-6-9(8)11-7-4-2-1-3-5-7/h1-5,8-9H,6,10H2/t8-,9-/m0/s1. The molecule has 0 heterocycles. The smallest absolute Gasteiger partial charge is 0.119 e. The van der Waals surface area contributed by atoms with E-state index >= 15 is 0 Å². The van der Waals surface area contributed by atoms with Crippen LogP contribution in [-0.4, -0.2) is 12.1 Å². The molecule has 2 heteroatoms. The van der Waals surface area contributed by atoms with Crippen LogP contribution in [0.3, 0.4) is 0 Å². The largest absolute Gasteiger partial charge is 0.489 e. The van der Waals surface area contributed by atoms with E-state index in [0.717, 1.165) is 12.2 Å². The van der Waals surface area contributed by atoms with Gasteiger partial charge in [-0.1, -0.05) is 18.2 Å². The van der Waals surface area contributed by atoms with E-state index < -0.39 is 0 Å². The summed E-state index contributed by atoms with van der Waals surface area (Å²) in [6, 6.07) is 10.1. The Morgan fingerprint density at radius 1 is 1.27 bits per heavy atom. The average molecular weight is 149 g/mol. The predicted molar refractivity (Wildman–Crippen MR) is 43.5 cm³/mol. The van der Waals surface area contributed by atoms with Crippen molar-refractivity contribution in [1.29, 1.82) is 0 Å². The molecule has 1 aromatic rings. The highest BCUT2D eigenvalue weighted by Crippen LogP contribution is 2.25. The molecular formula is C9H11NO. The minimum atomic E-state index is 0.259. The Balaban J connectivity index is 1.97. The molecule has 1 aromatic carbocycles. The molecule has 0 aromatic heterocycles. The molecule has 0 saturated heterocycles. The van der Waals surface area contributed by atoms with E-state index in [4.69, 9.17) is 10.5 Å². The molecule has 11 heavy (non-hydrogen) atoms. The van der Waals surface area contributed by atoms with Crippen molar-refractivity contribution >= 4 is 0 Å². The first kappa shape index (κ1) is 6.68. The van der Waals surface area contributed by atoms with Crippen LogP contribution < -0.4 is 10.5 Å². The molecule has 0 aliphatic heterocycles. The van der Waals surface area contributed by atoms with Crippen molar-refractivity contribution in [3.05, 3.63) is 30.3 Å². The van der Waals surface area contributed by atoms with Gasteiger partial charge in [-0.2, -0.15) is 0 Å². The van der Waals surface area contributed by atoms with Crippen LogP contribution in [0.1, 0.15) is 6.42 Å². The lowest BCUT2D eigenvalue weighted by Gasteiger charge is -2.02. The van der Waals surface area contributed by atoms with E-state index in [-0.39, 0.29) is 12.1 Å². The lowest BCUT2D eigenvalue weighted by atomic mass is 10.3. The van der Waals surface area contributed by atoms with Gasteiger partial charge in [0.15, 0.2) is 0 Å². The molecule has 0 unspecified atom stereocenters. The number of benzene rings is 1. The Hall–Kier alpha value is -1.02. The molecule has 1 aliphatic carbocycles. The Morgan fingerprint density at radius 3 is 2.45 bits per heavy atom. The molecule has 2 N–H and O–H groups in total. The van der Waals surface area contributed by atoms with Crippen molar-refractivity contribution in [3.63, 3.8) is 0 Å². The zero-order chi connectivity index (χ0) is 7.68. The first-order valence-electron chi connectivity index (χ1n) is 3.83. The summed E-state index contributed by atoms with van der Waals surface area (Å²) in [4.78, 5) is 0. The van der Waals surface area contributed by atoms with Crippen LogP contribution in [0.15, 0.2) is 30.3 Å². The molecule has 1 aliphatic rings. The molecule has 2 nitrogen and oxygen atoms in total. The van der Waals surface area contributed by atoms with Crippen molar-refractivity contribution in [2.75, 3.05) is 0 Å². The van der Waals surface area contributed by atoms with E-state index in [1.807, 2.05) is 30.3 Å². The number of nitrogens with two attached hydrogens (primary N) is 1. The van der Waals surface area contributed by atoms with Crippen molar-refractivity contribution < 1.29 is 4.74 Å². The van der Waals surface area contributed by atoms with Crippen molar-refractivity contribution in [1.82, 2.24) is 0 Å². The van der Waals surface area contributed by atoms with Gasteiger partial charge < -0.3 is 10.5 Å². The van der Waals surface area contributed by atoms with Gasteiger partial charge in [-0.3, -0.25) is 0 Å². The normalized spacial score (nSPS) is 28.1. The van der Waals surface area contributed by atoms with Gasteiger partial charge in [0.25, 0.3) is 0 Å². The predicted octanol–water partition coefficient (Wildman–Crippen LogP) is 1.16. The summed E-state index contributed by atoms with van der Waals surface area (Å²) in [5, 5.41) is 0. The summed E-state index contributed by atoms with van der Waals surface area (Å²) in [5.74, 6) is 0.922. The summed E-state index contributed by atoms with van der Waals surface area (Å²) < 4.78 is 5.51. The third-order valence-corrected chi connectivity index (χ3v) is 1.81. The van der Waals surface area contributed by atoms with Crippen molar-refractivity contribution in [2.45, 2.75) is 18.6 Å².